The molecular weight excluding hydrogens is 580 g/mol. The van der Waals surface area contributed by atoms with Crippen molar-refractivity contribution in [2.45, 2.75) is 26.3 Å². The van der Waals surface area contributed by atoms with Crippen LogP contribution in [-0.4, -0.2) is 48.2 Å². The topological polar surface area (TPSA) is 107 Å². The molecule has 3 heterocycles. The molecule has 6 rings (SSSR count). The van der Waals surface area contributed by atoms with Crippen LogP contribution in [0.5, 0.6) is 23.0 Å². The molecule has 1 fully saturated rings. The first-order chi connectivity index (χ1) is 20.4. The highest BCUT2D eigenvalue weighted by Gasteiger charge is 2.48. The van der Waals surface area contributed by atoms with Gasteiger partial charge in [0.1, 0.15) is 19.0 Å². The lowest BCUT2D eigenvalue weighted by Crippen LogP contribution is -2.29. The molecule has 0 aliphatic carbocycles. The van der Waals surface area contributed by atoms with Crippen molar-refractivity contribution >= 4 is 55.7 Å². The quantitative estimate of drug-likeness (QED) is 0.137. The average molecular weight is 607 g/mol. The van der Waals surface area contributed by atoms with Gasteiger partial charge in [-0.1, -0.05) is 35.9 Å². The first-order valence-corrected chi connectivity index (χ1v) is 14.8. The fourth-order valence-corrected chi connectivity index (χ4v) is 6.24. The van der Waals surface area contributed by atoms with Crippen molar-refractivity contribution in [3.05, 3.63) is 76.3 Å². The Kier molecular flexibility index (Phi) is 7.66. The zero-order valence-electron chi connectivity index (χ0n) is 22.9. The minimum atomic E-state index is -1.01. The number of ketones is 1. The number of carbonyl (C=O) groups excluding carboxylic acids is 2. The molecule has 0 bridgehead atoms. The van der Waals surface area contributed by atoms with Crippen molar-refractivity contribution < 1.29 is 33.6 Å². The Labute approximate surface area is 250 Å². The van der Waals surface area contributed by atoms with E-state index in [9.17, 15) is 14.7 Å². The number of hydrogen-bond donors (Lipinski definition) is 1. The number of nitrogens with zero attached hydrogens (tertiary/aromatic N) is 2. The first-order valence-electron chi connectivity index (χ1n) is 13.6. The number of carbonyl (C=O) groups is 2. The summed E-state index contributed by atoms with van der Waals surface area (Å²) in [6.07, 6.45) is 0.810. The Morgan fingerprint density at radius 1 is 1.02 bits per heavy atom. The van der Waals surface area contributed by atoms with Crippen LogP contribution < -0.4 is 23.8 Å². The van der Waals surface area contributed by atoms with Gasteiger partial charge in [-0.05, 0) is 67.4 Å². The molecule has 0 spiro atoms. The van der Waals surface area contributed by atoms with E-state index in [0.29, 0.717) is 76.2 Å². The molecule has 9 nitrogen and oxygen atoms in total. The van der Waals surface area contributed by atoms with E-state index in [4.69, 9.17) is 30.5 Å². The largest absolute Gasteiger partial charge is 0.507 e. The van der Waals surface area contributed by atoms with Crippen molar-refractivity contribution in [1.82, 2.24) is 4.98 Å². The van der Waals surface area contributed by atoms with Gasteiger partial charge in [-0.3, -0.25) is 14.5 Å². The van der Waals surface area contributed by atoms with Crippen LogP contribution in [0.1, 0.15) is 37.4 Å². The van der Waals surface area contributed by atoms with Crippen molar-refractivity contribution in [3.8, 4) is 23.0 Å². The van der Waals surface area contributed by atoms with Crippen LogP contribution in [-0.2, 0) is 9.59 Å². The Morgan fingerprint density at radius 2 is 1.83 bits per heavy atom. The molecule has 2 aliphatic rings. The van der Waals surface area contributed by atoms with Gasteiger partial charge in [0.2, 0.25) is 0 Å². The zero-order chi connectivity index (χ0) is 29.4. The number of rotatable bonds is 8. The number of thiazole rings is 1. The first kappa shape index (κ1) is 27.9. The fraction of sp³-hybridized carbons (Fsp3) is 0.258. The predicted octanol–water partition coefficient (Wildman–Crippen LogP) is 6.53. The minimum Gasteiger partial charge on any atom is -0.507 e. The summed E-state index contributed by atoms with van der Waals surface area (Å²) in [5.74, 6) is -0.0128. The van der Waals surface area contributed by atoms with E-state index in [1.165, 1.54) is 16.2 Å². The second kappa shape index (κ2) is 11.5. The molecule has 3 aromatic carbocycles. The van der Waals surface area contributed by atoms with Gasteiger partial charge in [0, 0.05) is 10.6 Å². The summed E-state index contributed by atoms with van der Waals surface area (Å²) in [6, 6.07) is 14.4. The predicted molar refractivity (Wildman–Crippen MR) is 160 cm³/mol. The standard InChI is InChI=1S/C31H27ClN2O7S/c1-3-11-39-21-9-5-17(14-23(21)38-4-2)27-26(28(35)18-6-10-22-24(15-18)41-13-12-40-22)29(36)30(37)34(27)31-33-20-8-7-19(32)16-25(20)42-31/h5-10,14-16,27,35H,3-4,11-13H2,1-2H3/b28-26+. The van der Waals surface area contributed by atoms with Gasteiger partial charge in [0.05, 0.1) is 35.0 Å². The third kappa shape index (κ3) is 5.01. The molecule has 1 saturated heterocycles. The summed E-state index contributed by atoms with van der Waals surface area (Å²) in [4.78, 5) is 33.4. The van der Waals surface area contributed by atoms with Crippen LogP contribution in [0.25, 0.3) is 16.0 Å². The van der Waals surface area contributed by atoms with Gasteiger partial charge >= 0.3 is 5.91 Å². The molecule has 1 atom stereocenters. The van der Waals surface area contributed by atoms with Gasteiger partial charge in [-0.2, -0.15) is 0 Å². The number of hydrogen-bond acceptors (Lipinski definition) is 9. The van der Waals surface area contributed by atoms with Crippen molar-refractivity contribution in [2.75, 3.05) is 31.3 Å². The maximum atomic E-state index is 13.7. The number of benzene rings is 3. The van der Waals surface area contributed by atoms with Gasteiger partial charge < -0.3 is 24.1 Å². The van der Waals surface area contributed by atoms with E-state index in [1.54, 1.807) is 54.6 Å². The maximum absolute atomic E-state index is 13.7. The van der Waals surface area contributed by atoms with Gasteiger partial charge in [0.25, 0.3) is 5.78 Å². The van der Waals surface area contributed by atoms with Crippen LogP contribution in [0.15, 0.2) is 60.2 Å². The smallest absolute Gasteiger partial charge is 0.301 e. The molecular formula is C31H27ClN2O7S. The third-order valence-corrected chi connectivity index (χ3v) is 8.10. The molecule has 1 amide bonds. The van der Waals surface area contributed by atoms with E-state index in [1.807, 2.05) is 13.8 Å². The van der Waals surface area contributed by atoms with Crippen LogP contribution in [0.3, 0.4) is 0 Å². The summed E-state index contributed by atoms with van der Waals surface area (Å²) >= 11 is 7.43. The SMILES string of the molecule is CCCOc1ccc(C2/C(=C(\O)c3ccc4c(c3)OCCO4)C(=O)C(=O)N2c2nc3ccc(Cl)cc3s2)cc1OCC. The number of ether oxygens (including phenoxy) is 4. The van der Waals surface area contributed by atoms with Crippen LogP contribution in [0, 0.1) is 0 Å². The molecule has 1 N–H and O–H groups in total. The minimum absolute atomic E-state index is 0.0846. The van der Waals surface area contributed by atoms with Crippen molar-refractivity contribution in [1.29, 1.82) is 0 Å². The van der Waals surface area contributed by atoms with Gasteiger partial charge in [-0.25, -0.2) is 4.98 Å². The third-order valence-electron chi connectivity index (χ3n) is 6.85. The normalized spacial score (nSPS) is 17.6. The molecule has 1 aromatic heterocycles. The second-order valence-corrected chi connectivity index (χ2v) is 11.1. The number of anilines is 1. The monoisotopic (exact) mass is 606 g/mol. The van der Waals surface area contributed by atoms with Crippen LogP contribution >= 0.6 is 22.9 Å². The average Bonchev–Trinajstić information content (AvgIpc) is 3.53. The van der Waals surface area contributed by atoms with Gasteiger partial charge in [0.15, 0.2) is 28.1 Å². The summed E-state index contributed by atoms with van der Waals surface area (Å²) in [5, 5.41) is 12.4. The van der Waals surface area contributed by atoms with Crippen LogP contribution in [0.2, 0.25) is 5.02 Å². The second-order valence-electron chi connectivity index (χ2n) is 9.62. The number of halogens is 1. The summed E-state index contributed by atoms with van der Waals surface area (Å²) in [6.45, 7) is 5.51. The molecule has 4 aromatic rings. The van der Waals surface area contributed by atoms with E-state index >= 15 is 0 Å². The van der Waals surface area contributed by atoms with E-state index in [-0.39, 0.29) is 11.3 Å². The van der Waals surface area contributed by atoms with E-state index in [0.717, 1.165) is 11.1 Å². The highest BCUT2D eigenvalue weighted by molar-refractivity contribution is 7.22. The molecule has 42 heavy (non-hydrogen) atoms. The highest BCUT2D eigenvalue weighted by atomic mass is 35.5. The van der Waals surface area contributed by atoms with E-state index in [2.05, 4.69) is 4.98 Å². The Hall–Kier alpha value is -4.28. The van der Waals surface area contributed by atoms with Crippen LogP contribution in [0.4, 0.5) is 5.13 Å². The molecule has 11 heteroatoms. The lowest BCUT2D eigenvalue weighted by atomic mass is 9.95. The molecule has 0 radical (unpaired) electrons. The highest BCUT2D eigenvalue weighted by Crippen LogP contribution is 2.46. The van der Waals surface area contributed by atoms with E-state index < -0.39 is 17.7 Å². The number of aliphatic hydroxyl groups is 1. The molecule has 2 aliphatic heterocycles. The lowest BCUT2D eigenvalue weighted by molar-refractivity contribution is -0.132. The number of amides is 1. The Bertz CT molecular complexity index is 1730. The summed E-state index contributed by atoms with van der Waals surface area (Å²) in [7, 11) is 0. The number of fused-ring (bicyclic) bond motifs is 2. The molecule has 1 unspecified atom stereocenters. The molecule has 0 saturated carbocycles. The lowest BCUT2D eigenvalue weighted by Gasteiger charge is -2.24. The number of Topliss-reactive ketones (excluding diaryl/α,β-unsaturated/α-hetero) is 1. The summed E-state index contributed by atoms with van der Waals surface area (Å²) < 4.78 is 23.8. The maximum Gasteiger partial charge on any atom is 0.301 e. The fourth-order valence-electron chi connectivity index (χ4n) is 4.98. The zero-order valence-corrected chi connectivity index (χ0v) is 24.5. The van der Waals surface area contributed by atoms with Gasteiger partial charge in [-0.15, -0.1) is 0 Å². The summed E-state index contributed by atoms with van der Waals surface area (Å²) in [5.41, 5.74) is 1.40. The number of aromatic nitrogens is 1. The Balaban J connectivity index is 1.53. The van der Waals surface area contributed by atoms with Crippen molar-refractivity contribution in [2.24, 2.45) is 0 Å². The molecule has 216 valence electrons. The Morgan fingerprint density at radius 3 is 2.62 bits per heavy atom. The number of aliphatic hydroxyl groups excluding tert-OH is 1. The van der Waals surface area contributed by atoms with Crippen molar-refractivity contribution in [3.63, 3.8) is 0 Å².